The molecule has 4 rings (SSSR count). The van der Waals surface area contributed by atoms with Crippen LogP contribution < -0.4 is 5.32 Å². The van der Waals surface area contributed by atoms with E-state index in [0.29, 0.717) is 23.4 Å². The summed E-state index contributed by atoms with van der Waals surface area (Å²) in [4.78, 5) is 15.1. The van der Waals surface area contributed by atoms with Crippen LogP contribution in [0.15, 0.2) is 36.4 Å². The fourth-order valence-corrected chi connectivity index (χ4v) is 5.30. The minimum Gasteiger partial charge on any atom is -0.508 e. The average molecular weight is 397 g/mol. The van der Waals surface area contributed by atoms with Crippen LogP contribution in [-0.2, 0) is 0 Å². The maximum absolute atomic E-state index is 13.4. The molecule has 2 fully saturated rings. The van der Waals surface area contributed by atoms with Crippen LogP contribution in [0.4, 0.5) is 4.39 Å². The van der Waals surface area contributed by atoms with Crippen molar-refractivity contribution in [1.29, 1.82) is 0 Å². The van der Waals surface area contributed by atoms with Gasteiger partial charge >= 0.3 is 0 Å². The van der Waals surface area contributed by atoms with E-state index in [-0.39, 0.29) is 23.8 Å². The lowest BCUT2D eigenvalue weighted by Crippen LogP contribution is -2.51. The minimum absolute atomic E-state index is 0.120. The number of amides is 1. The molecular weight excluding hydrogens is 367 g/mol. The zero-order valence-electron chi connectivity index (χ0n) is 17.3. The van der Waals surface area contributed by atoms with Crippen LogP contribution in [0.1, 0.15) is 65.7 Å². The van der Waals surface area contributed by atoms with Gasteiger partial charge in [0.25, 0.3) is 5.91 Å². The predicted molar refractivity (Wildman–Crippen MR) is 112 cm³/mol. The largest absolute Gasteiger partial charge is 0.508 e. The Hall–Kier alpha value is -2.40. The summed E-state index contributed by atoms with van der Waals surface area (Å²) < 4.78 is 13.4. The number of piperidine rings is 1. The highest BCUT2D eigenvalue weighted by Gasteiger charge is 2.43. The van der Waals surface area contributed by atoms with Crippen molar-refractivity contribution in [3.05, 3.63) is 64.5 Å². The molecule has 2 bridgehead atoms. The van der Waals surface area contributed by atoms with Crippen molar-refractivity contribution in [2.24, 2.45) is 0 Å². The van der Waals surface area contributed by atoms with Gasteiger partial charge in [-0.1, -0.05) is 12.1 Å². The number of phenols is 1. The van der Waals surface area contributed by atoms with Crippen molar-refractivity contribution < 1.29 is 14.3 Å². The Bertz CT molecular complexity index is 915. The summed E-state index contributed by atoms with van der Waals surface area (Å²) >= 11 is 0. The van der Waals surface area contributed by atoms with E-state index in [0.717, 1.165) is 36.8 Å². The third kappa shape index (κ3) is 3.76. The van der Waals surface area contributed by atoms with Crippen molar-refractivity contribution in [1.82, 2.24) is 10.2 Å². The molecule has 2 aliphatic rings. The maximum atomic E-state index is 13.4. The fourth-order valence-electron chi connectivity index (χ4n) is 5.30. The van der Waals surface area contributed by atoms with Crippen molar-refractivity contribution >= 4 is 5.91 Å². The first-order chi connectivity index (χ1) is 13.8. The highest BCUT2D eigenvalue weighted by Crippen LogP contribution is 2.42. The molecule has 0 aromatic heterocycles. The molecule has 2 aromatic rings. The van der Waals surface area contributed by atoms with Gasteiger partial charge in [0.2, 0.25) is 0 Å². The first-order valence-corrected chi connectivity index (χ1v) is 10.5. The number of hydrogen-bond donors (Lipinski definition) is 2. The van der Waals surface area contributed by atoms with E-state index in [4.69, 9.17) is 0 Å². The van der Waals surface area contributed by atoms with Gasteiger partial charge in [-0.2, -0.15) is 0 Å². The molecule has 2 saturated heterocycles. The quantitative estimate of drug-likeness (QED) is 0.792. The zero-order chi connectivity index (χ0) is 20.7. The van der Waals surface area contributed by atoms with Gasteiger partial charge < -0.3 is 10.4 Å². The Morgan fingerprint density at radius 3 is 2.48 bits per heavy atom. The molecule has 2 heterocycles. The highest BCUT2D eigenvalue weighted by molar-refractivity contribution is 5.94. The van der Waals surface area contributed by atoms with E-state index in [1.807, 2.05) is 13.0 Å². The van der Waals surface area contributed by atoms with E-state index < -0.39 is 0 Å². The summed E-state index contributed by atoms with van der Waals surface area (Å²) in [5.74, 6) is -0.235. The lowest BCUT2D eigenvalue weighted by Gasteiger charge is -2.43. The number of nitrogens with zero attached hydrogens (tertiary/aromatic N) is 1. The van der Waals surface area contributed by atoms with E-state index in [1.165, 1.54) is 17.7 Å². The van der Waals surface area contributed by atoms with Crippen molar-refractivity contribution in [2.75, 3.05) is 0 Å². The van der Waals surface area contributed by atoms with Crippen LogP contribution in [0.25, 0.3) is 0 Å². The summed E-state index contributed by atoms with van der Waals surface area (Å²) in [6.07, 6.45) is 4.10. The maximum Gasteiger partial charge on any atom is 0.251 e. The number of nitrogens with one attached hydrogen (secondary N) is 1. The van der Waals surface area contributed by atoms with Gasteiger partial charge in [-0.15, -0.1) is 0 Å². The number of carbonyl (C=O) groups is 1. The number of carbonyl (C=O) groups excluding carboxylic acids is 1. The molecule has 29 heavy (non-hydrogen) atoms. The van der Waals surface area contributed by atoms with Crippen LogP contribution >= 0.6 is 0 Å². The molecule has 0 saturated carbocycles. The molecule has 0 aliphatic carbocycles. The van der Waals surface area contributed by atoms with Crippen molar-refractivity contribution in [3.8, 4) is 5.75 Å². The lowest BCUT2D eigenvalue weighted by atomic mass is 9.91. The SMILES string of the molecule is Cc1c(O)ccc(C(C)N2C3CCC2CC(NC(=O)c2cccc(F)c2)C3)c1C. The van der Waals surface area contributed by atoms with E-state index in [9.17, 15) is 14.3 Å². The lowest BCUT2D eigenvalue weighted by molar-refractivity contribution is 0.0689. The Labute approximate surface area is 171 Å². The molecule has 5 heteroatoms. The van der Waals surface area contributed by atoms with E-state index in [1.54, 1.807) is 18.2 Å². The van der Waals surface area contributed by atoms with Gasteiger partial charge in [0.1, 0.15) is 11.6 Å². The highest BCUT2D eigenvalue weighted by atomic mass is 19.1. The summed E-state index contributed by atoms with van der Waals surface area (Å²) in [5, 5.41) is 13.1. The van der Waals surface area contributed by atoms with Crippen LogP contribution in [0.2, 0.25) is 0 Å². The smallest absolute Gasteiger partial charge is 0.251 e. The third-order valence-electron chi connectivity index (χ3n) is 6.91. The second-order valence-electron chi connectivity index (χ2n) is 8.58. The first-order valence-electron chi connectivity index (χ1n) is 10.5. The third-order valence-corrected chi connectivity index (χ3v) is 6.91. The molecule has 2 aliphatic heterocycles. The number of aromatic hydroxyl groups is 1. The van der Waals surface area contributed by atoms with Gasteiger partial charge in [-0.3, -0.25) is 9.69 Å². The zero-order valence-corrected chi connectivity index (χ0v) is 17.3. The Kier molecular flexibility index (Phi) is 5.34. The fraction of sp³-hybridized carbons (Fsp3) is 0.458. The summed E-state index contributed by atoms with van der Waals surface area (Å²) in [5.41, 5.74) is 3.74. The van der Waals surface area contributed by atoms with Gasteiger partial charge in [-0.05, 0) is 87.4 Å². The molecule has 0 spiro atoms. The van der Waals surface area contributed by atoms with Crippen LogP contribution in [0.5, 0.6) is 5.75 Å². The number of hydrogen-bond acceptors (Lipinski definition) is 3. The second kappa shape index (κ2) is 7.79. The van der Waals surface area contributed by atoms with Crippen LogP contribution in [-0.4, -0.2) is 34.0 Å². The second-order valence-corrected chi connectivity index (χ2v) is 8.58. The number of phenolic OH excluding ortho intramolecular Hbond substituents is 1. The van der Waals surface area contributed by atoms with Crippen LogP contribution in [0, 0.1) is 19.7 Å². The number of fused-ring (bicyclic) bond motifs is 2. The molecule has 2 N–H and O–H groups in total. The Morgan fingerprint density at radius 1 is 1.14 bits per heavy atom. The van der Waals surface area contributed by atoms with Gasteiger partial charge in [0.15, 0.2) is 0 Å². The van der Waals surface area contributed by atoms with E-state index >= 15 is 0 Å². The predicted octanol–water partition coefficient (Wildman–Crippen LogP) is 4.63. The molecular formula is C24H29FN2O2. The summed E-state index contributed by atoms with van der Waals surface area (Å²) in [6.45, 7) is 6.29. The molecule has 2 aromatic carbocycles. The molecule has 3 unspecified atom stereocenters. The topological polar surface area (TPSA) is 52.6 Å². The number of halogens is 1. The van der Waals surface area contributed by atoms with E-state index in [2.05, 4.69) is 24.1 Å². The summed E-state index contributed by atoms with van der Waals surface area (Å²) in [7, 11) is 0. The van der Waals surface area contributed by atoms with Crippen molar-refractivity contribution in [2.45, 2.75) is 70.6 Å². The summed E-state index contributed by atoms with van der Waals surface area (Å²) in [6, 6.07) is 10.9. The minimum atomic E-state index is -0.388. The first kappa shape index (κ1) is 19.9. The van der Waals surface area contributed by atoms with Gasteiger partial charge in [0, 0.05) is 29.7 Å². The molecule has 1 amide bonds. The monoisotopic (exact) mass is 396 g/mol. The number of benzene rings is 2. The number of rotatable bonds is 4. The van der Waals surface area contributed by atoms with Crippen LogP contribution in [0.3, 0.4) is 0 Å². The standard InChI is InChI=1S/C24H29FN2O2/c1-14-15(2)23(28)10-9-22(14)16(3)27-20-7-8-21(27)13-19(12-20)26-24(29)17-5-4-6-18(25)11-17/h4-6,9-11,16,19-21,28H,7-8,12-13H2,1-3H3,(H,26,29). The molecule has 154 valence electrons. The Morgan fingerprint density at radius 2 is 1.83 bits per heavy atom. The molecule has 3 atom stereocenters. The molecule has 4 nitrogen and oxygen atoms in total. The van der Waals surface area contributed by atoms with Gasteiger partial charge in [-0.25, -0.2) is 4.39 Å². The Balaban J connectivity index is 1.47. The van der Waals surface area contributed by atoms with Gasteiger partial charge in [0.05, 0.1) is 0 Å². The normalized spacial score (nSPS) is 25.0. The molecule has 0 radical (unpaired) electrons. The van der Waals surface area contributed by atoms with Crippen molar-refractivity contribution in [3.63, 3.8) is 0 Å². The average Bonchev–Trinajstić information content (AvgIpc) is 2.96.